The first kappa shape index (κ1) is 14.6. The molecule has 1 N–H and O–H groups in total. The molecule has 1 aromatic rings. The van der Waals surface area contributed by atoms with E-state index < -0.39 is 0 Å². The van der Waals surface area contributed by atoms with Crippen molar-refractivity contribution in [1.29, 1.82) is 0 Å². The third-order valence-electron chi connectivity index (χ3n) is 3.59. The summed E-state index contributed by atoms with van der Waals surface area (Å²) in [7, 11) is 0. The zero-order chi connectivity index (χ0) is 13.8. The lowest BCUT2D eigenvalue weighted by Crippen LogP contribution is -2.47. The van der Waals surface area contributed by atoms with Gasteiger partial charge in [0, 0.05) is 49.0 Å². The summed E-state index contributed by atoms with van der Waals surface area (Å²) in [4.78, 5) is 4.83. The van der Waals surface area contributed by atoms with Gasteiger partial charge in [-0.15, -0.1) is 0 Å². The molecule has 4 heteroatoms. The van der Waals surface area contributed by atoms with Crippen LogP contribution in [0.2, 0.25) is 5.02 Å². The summed E-state index contributed by atoms with van der Waals surface area (Å²) in [6.07, 6.45) is 0. The predicted molar refractivity (Wildman–Crippen MR) is 80.9 cm³/mol. The molecule has 1 aliphatic heterocycles. The van der Waals surface area contributed by atoms with Crippen LogP contribution in [0.3, 0.4) is 0 Å². The van der Waals surface area contributed by atoms with Gasteiger partial charge in [-0.2, -0.15) is 0 Å². The van der Waals surface area contributed by atoms with Crippen LogP contribution in [0.1, 0.15) is 19.4 Å². The lowest BCUT2D eigenvalue weighted by molar-refractivity contribution is 0.230. The van der Waals surface area contributed by atoms with E-state index in [1.165, 1.54) is 0 Å². The van der Waals surface area contributed by atoms with Crippen molar-refractivity contribution in [1.82, 2.24) is 4.90 Å². The SMILES string of the molecule is CC(C)CN1CCN(c2cccc(Cl)c2CO)CC1. The molecule has 1 saturated heterocycles. The highest BCUT2D eigenvalue weighted by molar-refractivity contribution is 6.31. The number of nitrogens with zero attached hydrogens (tertiary/aromatic N) is 2. The van der Waals surface area contributed by atoms with Gasteiger partial charge in [0.1, 0.15) is 0 Å². The Kier molecular flexibility index (Phi) is 5.08. The van der Waals surface area contributed by atoms with Crippen molar-refractivity contribution in [2.45, 2.75) is 20.5 Å². The molecule has 106 valence electrons. The fraction of sp³-hybridized carbons (Fsp3) is 0.600. The molecule has 0 spiro atoms. The van der Waals surface area contributed by atoms with Crippen molar-refractivity contribution in [3.8, 4) is 0 Å². The standard InChI is InChI=1S/C15H23ClN2O/c1-12(2)10-17-6-8-18(9-7-17)15-5-3-4-14(16)13(15)11-19/h3-5,12,19H,6-11H2,1-2H3. The fourth-order valence-corrected chi connectivity index (χ4v) is 2.92. The molecule has 3 nitrogen and oxygen atoms in total. The summed E-state index contributed by atoms with van der Waals surface area (Å²) in [5.41, 5.74) is 1.93. The van der Waals surface area contributed by atoms with E-state index in [9.17, 15) is 5.11 Å². The van der Waals surface area contributed by atoms with Gasteiger partial charge in [0.15, 0.2) is 0 Å². The molecule has 0 aromatic heterocycles. The Morgan fingerprint density at radius 2 is 1.89 bits per heavy atom. The van der Waals surface area contributed by atoms with E-state index >= 15 is 0 Å². The monoisotopic (exact) mass is 282 g/mol. The Morgan fingerprint density at radius 3 is 2.47 bits per heavy atom. The lowest BCUT2D eigenvalue weighted by atomic mass is 10.1. The molecule has 0 bridgehead atoms. The molecule has 1 aromatic carbocycles. The average molecular weight is 283 g/mol. The van der Waals surface area contributed by atoms with Crippen LogP contribution in [0.25, 0.3) is 0 Å². The van der Waals surface area contributed by atoms with Crippen molar-refractivity contribution in [2.75, 3.05) is 37.6 Å². The van der Waals surface area contributed by atoms with Gasteiger partial charge < -0.3 is 10.0 Å². The second-order valence-corrected chi connectivity index (χ2v) is 5.98. The van der Waals surface area contributed by atoms with Crippen LogP contribution in [0.4, 0.5) is 5.69 Å². The minimum absolute atomic E-state index is 0.00121. The Morgan fingerprint density at radius 1 is 1.21 bits per heavy atom. The Bertz CT molecular complexity index is 415. The van der Waals surface area contributed by atoms with Crippen LogP contribution in [-0.4, -0.2) is 42.7 Å². The fourth-order valence-electron chi connectivity index (χ4n) is 2.69. The average Bonchev–Trinajstić information content (AvgIpc) is 2.38. The largest absolute Gasteiger partial charge is 0.392 e. The van der Waals surface area contributed by atoms with Gasteiger partial charge in [-0.3, -0.25) is 4.90 Å². The Hall–Kier alpha value is -0.770. The van der Waals surface area contributed by atoms with E-state index in [-0.39, 0.29) is 6.61 Å². The minimum atomic E-state index is 0.00121. The van der Waals surface area contributed by atoms with E-state index in [0.29, 0.717) is 10.9 Å². The topological polar surface area (TPSA) is 26.7 Å². The van der Waals surface area contributed by atoms with Gasteiger partial charge >= 0.3 is 0 Å². The van der Waals surface area contributed by atoms with Gasteiger partial charge in [-0.25, -0.2) is 0 Å². The molecular weight excluding hydrogens is 260 g/mol. The highest BCUT2D eigenvalue weighted by atomic mass is 35.5. The smallest absolute Gasteiger partial charge is 0.0716 e. The maximum absolute atomic E-state index is 9.48. The van der Waals surface area contributed by atoms with Crippen LogP contribution in [-0.2, 0) is 6.61 Å². The van der Waals surface area contributed by atoms with E-state index in [1.807, 2.05) is 12.1 Å². The van der Waals surface area contributed by atoms with Crippen molar-refractivity contribution in [3.05, 3.63) is 28.8 Å². The van der Waals surface area contributed by atoms with Crippen molar-refractivity contribution < 1.29 is 5.11 Å². The summed E-state index contributed by atoms with van der Waals surface area (Å²) in [6, 6.07) is 5.85. The number of piperazine rings is 1. The molecule has 0 aliphatic carbocycles. The first-order chi connectivity index (χ1) is 9.11. The van der Waals surface area contributed by atoms with Gasteiger partial charge in [0.25, 0.3) is 0 Å². The lowest BCUT2D eigenvalue weighted by Gasteiger charge is -2.37. The molecule has 1 aliphatic rings. The number of aliphatic hydroxyl groups is 1. The third-order valence-corrected chi connectivity index (χ3v) is 3.94. The second kappa shape index (κ2) is 6.60. The second-order valence-electron chi connectivity index (χ2n) is 5.58. The first-order valence-corrected chi connectivity index (χ1v) is 7.35. The first-order valence-electron chi connectivity index (χ1n) is 6.97. The van der Waals surface area contributed by atoms with Gasteiger partial charge in [0.2, 0.25) is 0 Å². The van der Waals surface area contributed by atoms with Crippen LogP contribution >= 0.6 is 11.6 Å². The Balaban J connectivity index is 2.03. The van der Waals surface area contributed by atoms with E-state index in [2.05, 4.69) is 29.7 Å². The number of halogens is 1. The summed E-state index contributed by atoms with van der Waals surface area (Å²) in [5, 5.41) is 10.1. The zero-order valence-electron chi connectivity index (χ0n) is 11.8. The van der Waals surface area contributed by atoms with Crippen LogP contribution in [0.15, 0.2) is 18.2 Å². The van der Waals surface area contributed by atoms with Crippen LogP contribution in [0, 0.1) is 5.92 Å². The third kappa shape index (κ3) is 3.62. The van der Waals surface area contributed by atoms with E-state index in [4.69, 9.17) is 11.6 Å². The number of hydrogen-bond acceptors (Lipinski definition) is 3. The Labute approximate surface area is 120 Å². The molecule has 1 fully saturated rings. The molecule has 0 amide bonds. The van der Waals surface area contributed by atoms with E-state index in [0.717, 1.165) is 44.0 Å². The molecule has 2 rings (SSSR count). The van der Waals surface area contributed by atoms with Crippen molar-refractivity contribution >= 4 is 17.3 Å². The molecule has 1 heterocycles. The molecular formula is C15H23ClN2O. The number of benzene rings is 1. The van der Waals surface area contributed by atoms with Crippen molar-refractivity contribution in [2.24, 2.45) is 5.92 Å². The van der Waals surface area contributed by atoms with Gasteiger partial charge in [-0.05, 0) is 18.1 Å². The van der Waals surface area contributed by atoms with E-state index in [1.54, 1.807) is 0 Å². The summed E-state index contributed by atoms with van der Waals surface area (Å²) in [6.45, 7) is 9.84. The zero-order valence-corrected chi connectivity index (χ0v) is 12.5. The highest BCUT2D eigenvalue weighted by Gasteiger charge is 2.20. The molecule has 19 heavy (non-hydrogen) atoms. The van der Waals surface area contributed by atoms with Crippen LogP contribution in [0.5, 0.6) is 0 Å². The molecule has 0 atom stereocenters. The van der Waals surface area contributed by atoms with Crippen molar-refractivity contribution in [3.63, 3.8) is 0 Å². The summed E-state index contributed by atoms with van der Waals surface area (Å²) < 4.78 is 0. The summed E-state index contributed by atoms with van der Waals surface area (Å²) >= 11 is 6.15. The molecule has 0 radical (unpaired) electrons. The number of anilines is 1. The number of aliphatic hydroxyl groups excluding tert-OH is 1. The normalized spacial score (nSPS) is 17.2. The highest BCUT2D eigenvalue weighted by Crippen LogP contribution is 2.28. The molecule has 0 saturated carbocycles. The predicted octanol–water partition coefficient (Wildman–Crippen LogP) is 2.61. The van der Waals surface area contributed by atoms with Crippen LogP contribution < -0.4 is 4.90 Å². The maximum Gasteiger partial charge on any atom is 0.0716 e. The minimum Gasteiger partial charge on any atom is -0.392 e. The molecule has 0 unspecified atom stereocenters. The maximum atomic E-state index is 9.48. The number of rotatable bonds is 4. The van der Waals surface area contributed by atoms with Gasteiger partial charge in [0.05, 0.1) is 6.61 Å². The summed E-state index contributed by atoms with van der Waals surface area (Å²) in [5.74, 6) is 0.714. The van der Waals surface area contributed by atoms with Gasteiger partial charge in [-0.1, -0.05) is 31.5 Å². The number of hydrogen-bond donors (Lipinski definition) is 1. The quantitative estimate of drug-likeness (QED) is 0.920.